The van der Waals surface area contributed by atoms with Crippen molar-refractivity contribution in [3.63, 3.8) is 0 Å². The summed E-state index contributed by atoms with van der Waals surface area (Å²) in [7, 11) is 3.19. The monoisotopic (exact) mass is 272 g/mol. The van der Waals surface area contributed by atoms with E-state index in [4.69, 9.17) is 9.47 Å². The van der Waals surface area contributed by atoms with Crippen LogP contribution in [0.3, 0.4) is 0 Å². The molecule has 0 aliphatic carbocycles. The van der Waals surface area contributed by atoms with Crippen LogP contribution in [0.5, 0.6) is 11.5 Å². The first-order valence-corrected chi connectivity index (χ1v) is 6.66. The molecule has 2 rings (SSSR count). The fourth-order valence-electron chi connectivity index (χ4n) is 2.38. The predicted molar refractivity (Wildman–Crippen MR) is 79.3 cm³/mol. The van der Waals surface area contributed by atoms with Crippen LogP contribution in [0.2, 0.25) is 0 Å². The second-order valence-electron chi connectivity index (χ2n) is 4.65. The van der Waals surface area contributed by atoms with E-state index in [9.17, 15) is 5.11 Å². The first-order chi connectivity index (χ1) is 9.65. The second-order valence-corrected chi connectivity index (χ2v) is 4.65. The standard InChI is InChI=1S/C17H20O3/c1-4-17(18,13-8-6-5-7-9-13)14-10-11-15(19-2)16(12-14)20-3/h5-12,18H,4H2,1-3H3. The molecule has 20 heavy (non-hydrogen) atoms. The van der Waals surface area contributed by atoms with Crippen LogP contribution in [0.25, 0.3) is 0 Å². The molecule has 0 amide bonds. The summed E-state index contributed by atoms with van der Waals surface area (Å²) in [5.41, 5.74) is 0.638. The third-order valence-electron chi connectivity index (χ3n) is 3.62. The minimum absolute atomic E-state index is 0.576. The smallest absolute Gasteiger partial charge is 0.161 e. The maximum Gasteiger partial charge on any atom is 0.161 e. The van der Waals surface area contributed by atoms with E-state index in [2.05, 4.69) is 0 Å². The summed E-state index contributed by atoms with van der Waals surface area (Å²) < 4.78 is 10.6. The van der Waals surface area contributed by atoms with Crippen molar-refractivity contribution < 1.29 is 14.6 Å². The van der Waals surface area contributed by atoms with Crippen LogP contribution in [-0.4, -0.2) is 19.3 Å². The normalized spacial score (nSPS) is 13.6. The molecular weight excluding hydrogens is 252 g/mol. The lowest BCUT2D eigenvalue weighted by Crippen LogP contribution is -2.26. The Bertz CT molecular complexity index is 566. The molecule has 0 saturated heterocycles. The molecule has 0 bridgehead atoms. The van der Waals surface area contributed by atoms with Crippen molar-refractivity contribution in [2.24, 2.45) is 0 Å². The average Bonchev–Trinajstić information content (AvgIpc) is 2.54. The Morgan fingerprint density at radius 3 is 2.10 bits per heavy atom. The van der Waals surface area contributed by atoms with Gasteiger partial charge in [-0.3, -0.25) is 0 Å². The fraction of sp³-hybridized carbons (Fsp3) is 0.294. The Morgan fingerprint density at radius 1 is 0.900 bits per heavy atom. The molecule has 106 valence electrons. The number of hydrogen-bond donors (Lipinski definition) is 1. The summed E-state index contributed by atoms with van der Waals surface area (Å²) in [6.07, 6.45) is 0.576. The maximum atomic E-state index is 11.0. The molecule has 3 heteroatoms. The summed E-state index contributed by atoms with van der Waals surface area (Å²) in [6.45, 7) is 1.96. The molecule has 0 aliphatic rings. The lowest BCUT2D eigenvalue weighted by atomic mass is 9.84. The van der Waals surface area contributed by atoms with Crippen LogP contribution in [0.4, 0.5) is 0 Å². The Hall–Kier alpha value is -2.00. The molecule has 1 atom stereocenters. The third kappa shape index (κ3) is 2.49. The van der Waals surface area contributed by atoms with Crippen LogP contribution < -0.4 is 9.47 Å². The van der Waals surface area contributed by atoms with E-state index in [0.29, 0.717) is 17.9 Å². The molecule has 0 aromatic heterocycles. The largest absolute Gasteiger partial charge is 0.493 e. The summed E-state index contributed by atoms with van der Waals surface area (Å²) in [6, 6.07) is 15.2. The van der Waals surface area contributed by atoms with Gasteiger partial charge >= 0.3 is 0 Å². The summed E-state index contributed by atoms with van der Waals surface area (Å²) in [4.78, 5) is 0. The van der Waals surface area contributed by atoms with E-state index in [1.54, 1.807) is 14.2 Å². The van der Waals surface area contributed by atoms with Gasteiger partial charge in [-0.2, -0.15) is 0 Å². The summed E-state index contributed by atoms with van der Waals surface area (Å²) in [5, 5.41) is 11.0. The van der Waals surface area contributed by atoms with Crippen molar-refractivity contribution in [3.8, 4) is 11.5 Å². The first-order valence-electron chi connectivity index (χ1n) is 6.66. The minimum Gasteiger partial charge on any atom is -0.493 e. The van der Waals surface area contributed by atoms with Gasteiger partial charge in [0.25, 0.3) is 0 Å². The molecule has 0 fully saturated rings. The Labute approximate surface area is 119 Å². The molecule has 0 radical (unpaired) electrons. The first kappa shape index (κ1) is 14.4. The number of rotatable bonds is 5. The molecule has 1 unspecified atom stereocenters. The summed E-state index contributed by atoms with van der Waals surface area (Å²) in [5.74, 6) is 1.27. The Kier molecular flexibility index (Phi) is 4.30. The lowest BCUT2D eigenvalue weighted by Gasteiger charge is -2.28. The van der Waals surface area contributed by atoms with Gasteiger partial charge in [-0.25, -0.2) is 0 Å². The fourth-order valence-corrected chi connectivity index (χ4v) is 2.38. The van der Waals surface area contributed by atoms with Crippen molar-refractivity contribution >= 4 is 0 Å². The molecule has 0 heterocycles. The number of aliphatic hydroxyl groups is 1. The Morgan fingerprint density at radius 2 is 1.55 bits per heavy atom. The number of benzene rings is 2. The van der Waals surface area contributed by atoms with Gasteiger partial charge in [-0.15, -0.1) is 0 Å². The highest BCUT2D eigenvalue weighted by molar-refractivity contribution is 5.47. The van der Waals surface area contributed by atoms with Gasteiger partial charge < -0.3 is 14.6 Å². The van der Waals surface area contributed by atoms with Crippen LogP contribution in [0.15, 0.2) is 48.5 Å². The Balaban J connectivity index is 2.52. The zero-order chi connectivity index (χ0) is 14.6. The van der Waals surface area contributed by atoms with Gasteiger partial charge in [0.05, 0.1) is 14.2 Å². The van der Waals surface area contributed by atoms with Gasteiger partial charge in [0.15, 0.2) is 11.5 Å². The number of hydrogen-bond acceptors (Lipinski definition) is 3. The predicted octanol–water partition coefficient (Wildman–Crippen LogP) is 3.35. The lowest BCUT2D eigenvalue weighted by molar-refractivity contribution is 0.0762. The van der Waals surface area contributed by atoms with Crippen molar-refractivity contribution in [1.82, 2.24) is 0 Å². The van der Waals surface area contributed by atoms with Gasteiger partial charge in [0.2, 0.25) is 0 Å². The van der Waals surface area contributed by atoms with E-state index >= 15 is 0 Å². The van der Waals surface area contributed by atoms with E-state index in [1.165, 1.54) is 0 Å². The summed E-state index contributed by atoms with van der Waals surface area (Å²) >= 11 is 0. The van der Waals surface area contributed by atoms with Gasteiger partial charge in [0, 0.05) is 0 Å². The van der Waals surface area contributed by atoms with E-state index < -0.39 is 5.60 Å². The molecule has 0 spiro atoms. The SMILES string of the molecule is CCC(O)(c1ccccc1)c1ccc(OC)c(OC)c1. The average molecular weight is 272 g/mol. The zero-order valence-corrected chi connectivity index (χ0v) is 12.1. The molecule has 0 aliphatic heterocycles. The number of methoxy groups -OCH3 is 2. The van der Waals surface area contributed by atoms with Crippen LogP contribution in [0.1, 0.15) is 24.5 Å². The van der Waals surface area contributed by atoms with Crippen LogP contribution in [0, 0.1) is 0 Å². The highest BCUT2D eigenvalue weighted by Crippen LogP contribution is 2.37. The highest BCUT2D eigenvalue weighted by Gasteiger charge is 2.30. The van der Waals surface area contributed by atoms with Crippen LogP contribution in [-0.2, 0) is 5.60 Å². The van der Waals surface area contributed by atoms with Crippen molar-refractivity contribution in [2.45, 2.75) is 18.9 Å². The van der Waals surface area contributed by atoms with Crippen molar-refractivity contribution in [2.75, 3.05) is 14.2 Å². The molecular formula is C17H20O3. The quantitative estimate of drug-likeness (QED) is 0.907. The number of ether oxygens (including phenoxy) is 2. The molecule has 0 saturated carbocycles. The molecule has 2 aromatic rings. The molecule has 2 aromatic carbocycles. The highest BCUT2D eigenvalue weighted by atomic mass is 16.5. The third-order valence-corrected chi connectivity index (χ3v) is 3.62. The van der Waals surface area contributed by atoms with Gasteiger partial charge in [-0.1, -0.05) is 43.3 Å². The zero-order valence-electron chi connectivity index (χ0n) is 12.1. The van der Waals surface area contributed by atoms with E-state index in [-0.39, 0.29) is 0 Å². The molecule has 3 nitrogen and oxygen atoms in total. The maximum absolute atomic E-state index is 11.0. The van der Waals surface area contributed by atoms with Gasteiger partial charge in [-0.05, 0) is 29.7 Å². The van der Waals surface area contributed by atoms with Crippen LogP contribution >= 0.6 is 0 Å². The van der Waals surface area contributed by atoms with E-state index in [0.717, 1.165) is 11.1 Å². The van der Waals surface area contributed by atoms with Crippen molar-refractivity contribution in [3.05, 3.63) is 59.7 Å². The van der Waals surface area contributed by atoms with Gasteiger partial charge in [0.1, 0.15) is 5.60 Å². The van der Waals surface area contributed by atoms with E-state index in [1.807, 2.05) is 55.5 Å². The second kappa shape index (κ2) is 5.97. The van der Waals surface area contributed by atoms with Crippen molar-refractivity contribution in [1.29, 1.82) is 0 Å². The molecule has 1 N–H and O–H groups in total. The topological polar surface area (TPSA) is 38.7 Å². The minimum atomic E-state index is -1.03.